The molecule has 0 aliphatic rings. The van der Waals surface area contributed by atoms with Crippen molar-refractivity contribution in [1.82, 2.24) is 0 Å². The quantitative estimate of drug-likeness (QED) is 0.852. The topological polar surface area (TPSA) is 30.3 Å². The standard InChI is InChI=1S/C19H27N3/c1-19(2,3)18(20)14-12-11-13-9-8-10-15(21(4)5)16(13)17(14)22(6)7/h8-12,20H,1-7H3. The first-order valence-electron chi connectivity index (χ1n) is 7.64. The molecule has 0 heterocycles. The second kappa shape index (κ2) is 5.64. The van der Waals surface area contributed by atoms with Gasteiger partial charge in [-0.1, -0.05) is 45.0 Å². The molecule has 2 rings (SSSR count). The van der Waals surface area contributed by atoms with Gasteiger partial charge in [0.1, 0.15) is 0 Å². The van der Waals surface area contributed by atoms with E-state index in [2.05, 4.69) is 89.1 Å². The number of nitrogens with zero attached hydrogens (tertiary/aromatic N) is 2. The van der Waals surface area contributed by atoms with Crippen molar-refractivity contribution in [3.05, 3.63) is 35.9 Å². The summed E-state index contributed by atoms with van der Waals surface area (Å²) in [5, 5.41) is 11.0. The molecule has 118 valence electrons. The van der Waals surface area contributed by atoms with Crippen molar-refractivity contribution in [2.75, 3.05) is 38.0 Å². The molecule has 0 bridgehead atoms. The Hall–Kier alpha value is -2.03. The lowest BCUT2D eigenvalue weighted by Crippen LogP contribution is -2.24. The minimum absolute atomic E-state index is 0.175. The Labute approximate surface area is 134 Å². The molecule has 2 aromatic carbocycles. The monoisotopic (exact) mass is 297 g/mol. The van der Waals surface area contributed by atoms with E-state index in [9.17, 15) is 0 Å². The molecule has 22 heavy (non-hydrogen) atoms. The van der Waals surface area contributed by atoms with Gasteiger partial charge in [-0.05, 0) is 11.5 Å². The van der Waals surface area contributed by atoms with Gasteiger partial charge in [0.15, 0.2) is 0 Å². The van der Waals surface area contributed by atoms with Crippen LogP contribution in [0.4, 0.5) is 11.4 Å². The maximum absolute atomic E-state index is 8.63. The van der Waals surface area contributed by atoms with Crippen molar-refractivity contribution in [2.45, 2.75) is 20.8 Å². The van der Waals surface area contributed by atoms with Gasteiger partial charge in [0, 0.05) is 56.0 Å². The molecule has 0 aliphatic heterocycles. The average molecular weight is 297 g/mol. The number of benzene rings is 2. The normalized spacial score (nSPS) is 11.6. The molecule has 0 saturated carbocycles. The van der Waals surface area contributed by atoms with Gasteiger partial charge in [-0.3, -0.25) is 0 Å². The molecule has 0 amide bonds. The average Bonchev–Trinajstić information content (AvgIpc) is 2.43. The van der Waals surface area contributed by atoms with E-state index in [-0.39, 0.29) is 5.41 Å². The summed E-state index contributed by atoms with van der Waals surface area (Å²) in [6.45, 7) is 6.28. The van der Waals surface area contributed by atoms with Crippen LogP contribution in [0.25, 0.3) is 10.8 Å². The highest BCUT2D eigenvalue weighted by atomic mass is 15.1. The fourth-order valence-corrected chi connectivity index (χ4v) is 2.78. The van der Waals surface area contributed by atoms with E-state index in [4.69, 9.17) is 5.41 Å². The van der Waals surface area contributed by atoms with Crippen molar-refractivity contribution in [3.8, 4) is 0 Å². The Morgan fingerprint density at radius 1 is 0.909 bits per heavy atom. The third-order valence-electron chi connectivity index (χ3n) is 3.94. The highest BCUT2D eigenvalue weighted by Crippen LogP contribution is 2.38. The Bertz CT molecular complexity index is 706. The summed E-state index contributed by atoms with van der Waals surface area (Å²) in [5.74, 6) is 0. The zero-order valence-corrected chi connectivity index (χ0v) is 14.8. The smallest absolute Gasteiger partial charge is 0.0553 e. The number of fused-ring (bicyclic) bond motifs is 1. The molecular weight excluding hydrogens is 270 g/mol. The van der Waals surface area contributed by atoms with E-state index in [0.717, 1.165) is 11.3 Å². The minimum atomic E-state index is -0.175. The molecule has 3 nitrogen and oxygen atoms in total. The zero-order valence-electron chi connectivity index (χ0n) is 14.8. The number of anilines is 2. The van der Waals surface area contributed by atoms with Gasteiger partial charge in [-0.15, -0.1) is 0 Å². The maximum Gasteiger partial charge on any atom is 0.0553 e. The fourth-order valence-electron chi connectivity index (χ4n) is 2.78. The molecule has 0 aliphatic carbocycles. The first-order valence-corrected chi connectivity index (χ1v) is 7.64. The van der Waals surface area contributed by atoms with E-state index < -0.39 is 0 Å². The largest absolute Gasteiger partial charge is 0.377 e. The van der Waals surface area contributed by atoms with E-state index >= 15 is 0 Å². The molecule has 3 heteroatoms. The van der Waals surface area contributed by atoms with Crippen molar-refractivity contribution >= 4 is 27.9 Å². The van der Waals surface area contributed by atoms with Crippen LogP contribution in [0.3, 0.4) is 0 Å². The molecule has 1 N–H and O–H groups in total. The molecule has 0 fully saturated rings. The fraction of sp³-hybridized carbons (Fsp3) is 0.421. The van der Waals surface area contributed by atoms with E-state index in [0.29, 0.717) is 5.71 Å². The third-order valence-corrected chi connectivity index (χ3v) is 3.94. The van der Waals surface area contributed by atoms with Crippen molar-refractivity contribution in [1.29, 1.82) is 5.41 Å². The highest BCUT2D eigenvalue weighted by molar-refractivity contribution is 6.15. The SMILES string of the molecule is CN(C)c1cccc2ccc(C(=N)C(C)(C)C)c(N(C)C)c12. The molecular formula is C19H27N3. The number of hydrogen-bond donors (Lipinski definition) is 1. The summed E-state index contributed by atoms with van der Waals surface area (Å²) in [6, 6.07) is 10.6. The van der Waals surface area contributed by atoms with Crippen LogP contribution in [0.15, 0.2) is 30.3 Å². The molecule has 0 unspecified atom stereocenters. The minimum Gasteiger partial charge on any atom is -0.377 e. The summed E-state index contributed by atoms with van der Waals surface area (Å²) in [5.41, 5.74) is 3.82. The summed E-state index contributed by atoms with van der Waals surface area (Å²) in [6.07, 6.45) is 0. The van der Waals surface area contributed by atoms with Gasteiger partial charge in [-0.2, -0.15) is 0 Å². The predicted octanol–water partition coefficient (Wildman–Crippen LogP) is 4.39. The third kappa shape index (κ3) is 2.80. The zero-order chi connectivity index (χ0) is 16.7. The summed E-state index contributed by atoms with van der Waals surface area (Å²) < 4.78 is 0. The molecule has 0 aromatic heterocycles. The summed E-state index contributed by atoms with van der Waals surface area (Å²) in [4.78, 5) is 4.27. The predicted molar refractivity (Wildman–Crippen MR) is 98.9 cm³/mol. The van der Waals surface area contributed by atoms with Gasteiger partial charge in [0.2, 0.25) is 0 Å². The highest BCUT2D eigenvalue weighted by Gasteiger charge is 2.24. The molecule has 2 aromatic rings. The van der Waals surface area contributed by atoms with Gasteiger partial charge in [-0.25, -0.2) is 0 Å². The van der Waals surface area contributed by atoms with Crippen LogP contribution in [0.1, 0.15) is 26.3 Å². The number of rotatable bonds is 3. The number of nitrogens with one attached hydrogen (secondary N) is 1. The lowest BCUT2D eigenvalue weighted by Gasteiger charge is -2.28. The Kier molecular flexibility index (Phi) is 4.19. The molecule has 0 radical (unpaired) electrons. The lowest BCUT2D eigenvalue weighted by molar-refractivity contribution is 0.588. The Morgan fingerprint density at radius 2 is 1.55 bits per heavy atom. The Balaban J connectivity index is 2.88. The maximum atomic E-state index is 8.63. The second-order valence-electron chi connectivity index (χ2n) is 7.25. The van der Waals surface area contributed by atoms with Crippen molar-refractivity contribution in [2.24, 2.45) is 5.41 Å². The van der Waals surface area contributed by atoms with Crippen molar-refractivity contribution in [3.63, 3.8) is 0 Å². The van der Waals surface area contributed by atoms with Crippen LogP contribution in [0, 0.1) is 10.8 Å². The van der Waals surface area contributed by atoms with Gasteiger partial charge < -0.3 is 15.2 Å². The van der Waals surface area contributed by atoms with Crippen molar-refractivity contribution < 1.29 is 0 Å². The molecule has 0 saturated heterocycles. The van der Waals surface area contributed by atoms with E-state index in [1.165, 1.54) is 16.5 Å². The van der Waals surface area contributed by atoms with Gasteiger partial charge >= 0.3 is 0 Å². The summed E-state index contributed by atoms with van der Waals surface area (Å²) >= 11 is 0. The van der Waals surface area contributed by atoms with Crippen LogP contribution < -0.4 is 9.80 Å². The van der Waals surface area contributed by atoms with Crippen LogP contribution in [-0.4, -0.2) is 33.9 Å². The first kappa shape index (κ1) is 16.3. The second-order valence-corrected chi connectivity index (χ2v) is 7.25. The molecule has 0 spiro atoms. The molecule has 0 atom stereocenters. The van der Waals surface area contributed by atoms with E-state index in [1.807, 2.05) is 0 Å². The van der Waals surface area contributed by atoms with E-state index in [1.54, 1.807) is 0 Å². The van der Waals surface area contributed by atoms with Crippen LogP contribution in [0.2, 0.25) is 0 Å². The van der Waals surface area contributed by atoms with Gasteiger partial charge in [0.05, 0.1) is 5.69 Å². The van der Waals surface area contributed by atoms with Crippen LogP contribution in [0.5, 0.6) is 0 Å². The first-order chi connectivity index (χ1) is 10.1. The summed E-state index contributed by atoms with van der Waals surface area (Å²) in [7, 11) is 8.24. The Morgan fingerprint density at radius 3 is 2.05 bits per heavy atom. The van der Waals surface area contributed by atoms with Gasteiger partial charge in [0.25, 0.3) is 0 Å². The van der Waals surface area contributed by atoms with Crippen LogP contribution >= 0.6 is 0 Å². The lowest BCUT2D eigenvalue weighted by atomic mass is 9.84. The van der Waals surface area contributed by atoms with Crippen LogP contribution in [-0.2, 0) is 0 Å². The number of hydrogen-bond acceptors (Lipinski definition) is 3.